The fourth-order valence-corrected chi connectivity index (χ4v) is 2.65. The van der Waals surface area contributed by atoms with Crippen LogP contribution in [0.25, 0.3) is 0 Å². The number of carbonyl (C=O) groups is 1. The van der Waals surface area contributed by atoms with E-state index in [1.165, 1.54) is 6.07 Å². The van der Waals surface area contributed by atoms with E-state index in [4.69, 9.17) is 9.57 Å². The fourth-order valence-electron chi connectivity index (χ4n) is 2.29. The fraction of sp³-hybridized carbons (Fsp3) is 0.176. The lowest BCUT2D eigenvalue weighted by Gasteiger charge is -2.11. The number of halogens is 1. The number of hydrogen-bond donors (Lipinski definition) is 2. The molecule has 124 valence electrons. The van der Waals surface area contributed by atoms with Gasteiger partial charge in [-0.05, 0) is 48.0 Å². The van der Waals surface area contributed by atoms with Gasteiger partial charge in [0.1, 0.15) is 11.5 Å². The van der Waals surface area contributed by atoms with Gasteiger partial charge in [0.25, 0.3) is 5.91 Å². The number of nitrogens with one attached hydrogen (secondary N) is 1. The maximum atomic E-state index is 12.3. The topological polar surface area (TPSA) is 80.2 Å². The lowest BCUT2D eigenvalue weighted by Crippen LogP contribution is -2.28. The third kappa shape index (κ3) is 3.51. The van der Waals surface area contributed by atoms with E-state index in [9.17, 15) is 9.90 Å². The molecule has 1 aliphatic heterocycles. The normalized spacial score (nSPS) is 16.2. The van der Waals surface area contributed by atoms with Crippen molar-refractivity contribution in [2.24, 2.45) is 5.16 Å². The van der Waals surface area contributed by atoms with E-state index in [1.807, 2.05) is 24.3 Å². The highest BCUT2D eigenvalue weighted by atomic mass is 79.9. The summed E-state index contributed by atoms with van der Waals surface area (Å²) in [6.07, 6.45) is -0.382. The van der Waals surface area contributed by atoms with E-state index in [2.05, 4.69) is 26.4 Å². The maximum absolute atomic E-state index is 12.3. The van der Waals surface area contributed by atoms with E-state index in [0.29, 0.717) is 17.8 Å². The average Bonchev–Trinajstić information content (AvgIpc) is 3.08. The predicted molar refractivity (Wildman–Crippen MR) is 93.5 cm³/mol. The molecule has 1 atom stereocenters. The van der Waals surface area contributed by atoms with Gasteiger partial charge >= 0.3 is 0 Å². The molecule has 0 saturated heterocycles. The molecule has 0 aromatic heterocycles. The van der Waals surface area contributed by atoms with Gasteiger partial charge in [-0.2, -0.15) is 0 Å². The summed E-state index contributed by atoms with van der Waals surface area (Å²) in [5.74, 6) is 0.370. The van der Waals surface area contributed by atoms with Crippen molar-refractivity contribution in [2.75, 3.05) is 12.4 Å². The van der Waals surface area contributed by atoms with E-state index in [0.717, 1.165) is 15.8 Å². The van der Waals surface area contributed by atoms with Gasteiger partial charge in [-0.1, -0.05) is 21.1 Å². The highest BCUT2D eigenvalue weighted by molar-refractivity contribution is 9.10. The van der Waals surface area contributed by atoms with Crippen LogP contribution in [0.15, 0.2) is 52.1 Å². The molecule has 1 aliphatic rings. The Morgan fingerprint density at radius 1 is 1.33 bits per heavy atom. The Morgan fingerprint density at radius 3 is 2.79 bits per heavy atom. The van der Waals surface area contributed by atoms with Gasteiger partial charge in [0.05, 0.1) is 18.5 Å². The Kier molecular flexibility index (Phi) is 4.71. The zero-order valence-electron chi connectivity index (χ0n) is 12.8. The van der Waals surface area contributed by atoms with Crippen molar-refractivity contribution >= 4 is 33.2 Å². The number of oxime groups is 1. The predicted octanol–water partition coefficient (Wildman–Crippen LogP) is 3.30. The molecule has 0 aliphatic carbocycles. The van der Waals surface area contributed by atoms with E-state index in [1.54, 1.807) is 19.2 Å². The van der Waals surface area contributed by atoms with E-state index in [-0.39, 0.29) is 11.7 Å². The number of amides is 1. The van der Waals surface area contributed by atoms with Gasteiger partial charge in [0.2, 0.25) is 6.10 Å². The molecule has 6 nitrogen and oxygen atoms in total. The molecule has 0 unspecified atom stereocenters. The molecule has 0 radical (unpaired) electrons. The van der Waals surface area contributed by atoms with Crippen LogP contribution in [0.4, 0.5) is 5.69 Å². The first-order chi connectivity index (χ1) is 11.6. The van der Waals surface area contributed by atoms with Crippen molar-refractivity contribution in [1.29, 1.82) is 0 Å². The molecule has 2 aromatic carbocycles. The molecule has 0 fully saturated rings. The second-order valence-electron chi connectivity index (χ2n) is 5.22. The molecule has 1 heterocycles. The summed E-state index contributed by atoms with van der Waals surface area (Å²) in [4.78, 5) is 17.5. The summed E-state index contributed by atoms with van der Waals surface area (Å²) in [6, 6.07) is 12.2. The molecule has 2 aromatic rings. The SMILES string of the molecule is COc1ccc(C2=NO[C@H](C(=O)Nc3cc(Br)ccc3O)C2)cc1. The molecular formula is C17H15BrN2O4. The van der Waals surface area contributed by atoms with Crippen molar-refractivity contribution in [3.05, 3.63) is 52.5 Å². The standard InChI is InChI=1S/C17H15BrN2O4/c1-23-12-5-2-10(3-6-12)13-9-16(24-20-13)17(22)19-14-8-11(18)4-7-15(14)21/h2-8,16,21H,9H2,1H3,(H,19,22)/t16-/m0/s1. The summed E-state index contributed by atoms with van der Waals surface area (Å²) in [5, 5.41) is 16.4. The van der Waals surface area contributed by atoms with Gasteiger partial charge in [0, 0.05) is 10.9 Å². The van der Waals surface area contributed by atoms with Crippen LogP contribution in [-0.2, 0) is 9.63 Å². The van der Waals surface area contributed by atoms with Crippen LogP contribution in [0.5, 0.6) is 11.5 Å². The van der Waals surface area contributed by atoms with Gasteiger partial charge in [-0.3, -0.25) is 4.79 Å². The highest BCUT2D eigenvalue weighted by Gasteiger charge is 2.29. The van der Waals surface area contributed by atoms with E-state index >= 15 is 0 Å². The quantitative estimate of drug-likeness (QED) is 0.784. The molecule has 1 amide bonds. The number of ether oxygens (including phenoxy) is 1. The number of aromatic hydroxyl groups is 1. The zero-order valence-corrected chi connectivity index (χ0v) is 14.4. The molecule has 2 N–H and O–H groups in total. The van der Waals surface area contributed by atoms with Crippen LogP contribution in [-0.4, -0.2) is 29.9 Å². The monoisotopic (exact) mass is 390 g/mol. The van der Waals surface area contributed by atoms with Gasteiger partial charge < -0.3 is 20.0 Å². The van der Waals surface area contributed by atoms with Crippen LogP contribution >= 0.6 is 15.9 Å². The van der Waals surface area contributed by atoms with Gasteiger partial charge in [-0.25, -0.2) is 0 Å². The van der Waals surface area contributed by atoms with Crippen molar-refractivity contribution in [2.45, 2.75) is 12.5 Å². The van der Waals surface area contributed by atoms with Crippen LogP contribution in [0.2, 0.25) is 0 Å². The summed E-state index contributed by atoms with van der Waals surface area (Å²) in [5.41, 5.74) is 1.88. The van der Waals surface area contributed by atoms with E-state index < -0.39 is 6.10 Å². The largest absolute Gasteiger partial charge is 0.506 e. The van der Waals surface area contributed by atoms with Crippen molar-refractivity contribution in [3.8, 4) is 11.5 Å². The van der Waals surface area contributed by atoms with Crippen LogP contribution in [0, 0.1) is 0 Å². The number of rotatable bonds is 4. The zero-order chi connectivity index (χ0) is 17.1. The Bertz CT molecular complexity index is 790. The number of carbonyl (C=O) groups excluding carboxylic acids is 1. The molecule has 0 saturated carbocycles. The number of benzene rings is 2. The lowest BCUT2D eigenvalue weighted by molar-refractivity contribution is -0.125. The number of nitrogens with zero attached hydrogens (tertiary/aromatic N) is 1. The molecule has 0 bridgehead atoms. The minimum absolute atomic E-state index is 0.0131. The molecule has 3 rings (SSSR count). The molecule has 0 spiro atoms. The Balaban J connectivity index is 1.65. The van der Waals surface area contributed by atoms with Crippen LogP contribution in [0.3, 0.4) is 0 Å². The third-order valence-corrected chi connectivity index (χ3v) is 4.09. The summed E-state index contributed by atoms with van der Waals surface area (Å²) >= 11 is 3.30. The lowest BCUT2D eigenvalue weighted by atomic mass is 10.0. The van der Waals surface area contributed by atoms with Gasteiger partial charge in [-0.15, -0.1) is 0 Å². The first-order valence-electron chi connectivity index (χ1n) is 7.23. The van der Waals surface area contributed by atoms with Gasteiger partial charge in [0.15, 0.2) is 0 Å². The second kappa shape index (κ2) is 6.92. The van der Waals surface area contributed by atoms with Crippen molar-refractivity contribution in [1.82, 2.24) is 0 Å². The minimum atomic E-state index is -0.736. The van der Waals surface area contributed by atoms with Crippen LogP contribution < -0.4 is 10.1 Å². The maximum Gasteiger partial charge on any atom is 0.268 e. The first kappa shape index (κ1) is 16.3. The Hall–Kier alpha value is -2.54. The minimum Gasteiger partial charge on any atom is -0.506 e. The Morgan fingerprint density at radius 2 is 2.08 bits per heavy atom. The van der Waals surface area contributed by atoms with Crippen LogP contribution in [0.1, 0.15) is 12.0 Å². The van der Waals surface area contributed by atoms with Crippen molar-refractivity contribution < 1.29 is 19.5 Å². The highest BCUT2D eigenvalue weighted by Crippen LogP contribution is 2.28. The number of methoxy groups -OCH3 is 1. The number of anilines is 1. The smallest absolute Gasteiger partial charge is 0.268 e. The Labute approximate surface area is 147 Å². The molecule has 24 heavy (non-hydrogen) atoms. The second-order valence-corrected chi connectivity index (χ2v) is 6.13. The number of phenolic OH excluding ortho intramolecular Hbond substituents is 1. The van der Waals surface area contributed by atoms with Crippen molar-refractivity contribution in [3.63, 3.8) is 0 Å². The molecule has 7 heteroatoms. The summed E-state index contributed by atoms with van der Waals surface area (Å²) in [6.45, 7) is 0. The number of phenols is 1. The average molecular weight is 391 g/mol. The summed E-state index contributed by atoms with van der Waals surface area (Å²) in [7, 11) is 1.60. The number of hydrogen-bond acceptors (Lipinski definition) is 5. The first-order valence-corrected chi connectivity index (χ1v) is 8.02. The molecular weight excluding hydrogens is 376 g/mol. The summed E-state index contributed by atoms with van der Waals surface area (Å²) < 4.78 is 5.86. The third-order valence-electron chi connectivity index (χ3n) is 3.60.